The lowest BCUT2D eigenvalue weighted by molar-refractivity contribution is 0.108. The van der Waals surface area contributed by atoms with E-state index in [0.717, 1.165) is 37.5 Å². The van der Waals surface area contributed by atoms with E-state index in [9.17, 15) is 5.11 Å². The van der Waals surface area contributed by atoms with Gasteiger partial charge in [-0.3, -0.25) is 0 Å². The minimum Gasteiger partial charge on any atom is -0.393 e. The third-order valence-electron chi connectivity index (χ3n) is 7.51. The first kappa shape index (κ1) is 19.0. The van der Waals surface area contributed by atoms with Gasteiger partial charge in [-0.05, 0) is 88.5 Å². The highest BCUT2D eigenvalue weighted by molar-refractivity contribution is 5.39. The van der Waals surface area contributed by atoms with E-state index in [-0.39, 0.29) is 6.10 Å². The number of aliphatic hydroxyl groups is 1. The summed E-state index contributed by atoms with van der Waals surface area (Å²) in [7, 11) is 0. The number of rotatable bonds is 4. The first-order valence-electron chi connectivity index (χ1n) is 11.1. The second-order valence-electron chi connectivity index (χ2n) is 9.67. The van der Waals surface area contributed by atoms with Crippen LogP contribution in [0.15, 0.2) is 58.2 Å². The van der Waals surface area contributed by atoms with Crippen molar-refractivity contribution in [1.29, 1.82) is 0 Å². The molecule has 27 heavy (non-hydrogen) atoms. The van der Waals surface area contributed by atoms with E-state index in [0.29, 0.717) is 11.8 Å². The van der Waals surface area contributed by atoms with Crippen molar-refractivity contribution in [3.63, 3.8) is 0 Å². The van der Waals surface area contributed by atoms with Crippen LogP contribution in [-0.4, -0.2) is 11.2 Å². The van der Waals surface area contributed by atoms with E-state index >= 15 is 0 Å². The maximum Gasteiger partial charge on any atom is 0.0605 e. The molecular formula is C26H36O. The van der Waals surface area contributed by atoms with Gasteiger partial charge >= 0.3 is 0 Å². The van der Waals surface area contributed by atoms with E-state index in [1.807, 2.05) is 0 Å². The molecule has 0 bridgehead atoms. The molecule has 0 aliphatic heterocycles. The summed E-state index contributed by atoms with van der Waals surface area (Å²) in [5, 5.41) is 10.1. The largest absolute Gasteiger partial charge is 0.393 e. The Labute approximate surface area is 165 Å². The van der Waals surface area contributed by atoms with Crippen LogP contribution < -0.4 is 0 Å². The highest BCUT2D eigenvalue weighted by Gasteiger charge is 2.27. The molecule has 1 nitrogen and oxygen atoms in total. The third-order valence-corrected chi connectivity index (χ3v) is 7.51. The molecular weight excluding hydrogens is 328 g/mol. The summed E-state index contributed by atoms with van der Waals surface area (Å²) in [6, 6.07) is 0. The fourth-order valence-corrected chi connectivity index (χ4v) is 5.58. The molecule has 4 rings (SSSR count). The van der Waals surface area contributed by atoms with E-state index in [1.54, 1.807) is 22.3 Å². The van der Waals surface area contributed by atoms with Gasteiger partial charge in [0.25, 0.3) is 0 Å². The van der Waals surface area contributed by atoms with Gasteiger partial charge in [-0.1, -0.05) is 59.6 Å². The minimum atomic E-state index is -0.140. The van der Waals surface area contributed by atoms with Crippen molar-refractivity contribution in [3.05, 3.63) is 58.2 Å². The number of allylic oxidation sites excluding steroid dienone is 9. The normalized spacial score (nSPS) is 36.7. The second kappa shape index (κ2) is 7.95. The van der Waals surface area contributed by atoms with Gasteiger partial charge in [0.1, 0.15) is 0 Å². The zero-order valence-corrected chi connectivity index (χ0v) is 17.4. The topological polar surface area (TPSA) is 20.2 Å². The summed E-state index contributed by atoms with van der Waals surface area (Å²) in [5.74, 6) is 2.61. The predicted octanol–water partition coefficient (Wildman–Crippen LogP) is 6.68. The Kier molecular flexibility index (Phi) is 5.60. The van der Waals surface area contributed by atoms with Crippen molar-refractivity contribution in [1.82, 2.24) is 0 Å². The zero-order valence-electron chi connectivity index (χ0n) is 17.4. The van der Waals surface area contributed by atoms with Crippen molar-refractivity contribution in [2.75, 3.05) is 0 Å². The smallest absolute Gasteiger partial charge is 0.0605 e. The van der Waals surface area contributed by atoms with Crippen molar-refractivity contribution in [2.45, 2.75) is 78.2 Å². The predicted molar refractivity (Wildman–Crippen MR) is 114 cm³/mol. The molecule has 0 aromatic carbocycles. The first-order chi connectivity index (χ1) is 13.0. The molecule has 0 aromatic rings. The molecule has 5 atom stereocenters. The minimum absolute atomic E-state index is 0.140. The molecule has 4 aliphatic rings. The SMILES string of the molecule is CC1=CC(C2C=CC(C3=CCC(CC4=C(C)CC(O)C(C)C4)=C3)CC2)CC1. The van der Waals surface area contributed by atoms with Crippen LogP contribution in [0.4, 0.5) is 0 Å². The monoisotopic (exact) mass is 364 g/mol. The van der Waals surface area contributed by atoms with Gasteiger partial charge in [-0.2, -0.15) is 0 Å². The van der Waals surface area contributed by atoms with Crippen LogP contribution in [0, 0.1) is 23.7 Å². The van der Waals surface area contributed by atoms with Gasteiger partial charge in [-0.25, -0.2) is 0 Å². The average Bonchev–Trinajstić information content (AvgIpc) is 3.29. The average molecular weight is 365 g/mol. The molecule has 0 radical (unpaired) electrons. The van der Waals surface area contributed by atoms with E-state index in [2.05, 4.69) is 51.2 Å². The van der Waals surface area contributed by atoms with Gasteiger partial charge in [0, 0.05) is 5.92 Å². The Morgan fingerprint density at radius 3 is 2.59 bits per heavy atom. The van der Waals surface area contributed by atoms with Crippen LogP contribution in [0.1, 0.15) is 72.1 Å². The van der Waals surface area contributed by atoms with Crippen molar-refractivity contribution in [2.24, 2.45) is 23.7 Å². The molecule has 0 fully saturated rings. The van der Waals surface area contributed by atoms with Gasteiger partial charge in [0.2, 0.25) is 0 Å². The van der Waals surface area contributed by atoms with Gasteiger partial charge < -0.3 is 5.11 Å². The fourth-order valence-electron chi connectivity index (χ4n) is 5.58. The Hall–Kier alpha value is -1.34. The highest BCUT2D eigenvalue weighted by atomic mass is 16.3. The Morgan fingerprint density at radius 2 is 1.89 bits per heavy atom. The molecule has 1 N–H and O–H groups in total. The summed E-state index contributed by atoms with van der Waals surface area (Å²) in [5.41, 5.74) is 7.73. The lowest BCUT2D eigenvalue weighted by Gasteiger charge is -2.28. The fraction of sp³-hybridized carbons (Fsp3) is 0.615. The lowest BCUT2D eigenvalue weighted by Crippen LogP contribution is -2.23. The summed E-state index contributed by atoms with van der Waals surface area (Å²) >= 11 is 0. The lowest BCUT2D eigenvalue weighted by atomic mass is 9.78. The molecule has 0 saturated carbocycles. The first-order valence-corrected chi connectivity index (χ1v) is 11.1. The molecule has 146 valence electrons. The standard InChI is InChI=1S/C26H36O/c1-17-4-6-23(12-17)21-8-10-22(11-9-21)24-7-5-20(15-24)16-25-13-19(3)26(27)14-18(25)2/h7-8,10,12,15,19,21-23,26-27H,4-6,9,11,13-14,16H2,1-3H3. The van der Waals surface area contributed by atoms with Gasteiger partial charge in [-0.15, -0.1) is 0 Å². The quantitative estimate of drug-likeness (QED) is 0.552. The summed E-state index contributed by atoms with van der Waals surface area (Å²) < 4.78 is 0. The van der Waals surface area contributed by atoms with Crippen LogP contribution in [0.5, 0.6) is 0 Å². The molecule has 0 amide bonds. The third kappa shape index (κ3) is 4.24. The maximum atomic E-state index is 10.1. The molecule has 0 aromatic heterocycles. The molecule has 4 aliphatic carbocycles. The number of aliphatic hydroxyl groups excluding tert-OH is 1. The molecule has 5 unspecified atom stereocenters. The van der Waals surface area contributed by atoms with Crippen LogP contribution in [-0.2, 0) is 0 Å². The summed E-state index contributed by atoms with van der Waals surface area (Å²) in [6.07, 6.45) is 21.9. The molecule has 0 heterocycles. The van der Waals surface area contributed by atoms with E-state index in [1.165, 1.54) is 31.3 Å². The molecule has 1 heteroatoms. The van der Waals surface area contributed by atoms with Gasteiger partial charge in [0.05, 0.1) is 6.10 Å². The Morgan fingerprint density at radius 1 is 1.04 bits per heavy atom. The zero-order chi connectivity index (χ0) is 19.0. The van der Waals surface area contributed by atoms with Crippen LogP contribution >= 0.6 is 0 Å². The number of hydrogen-bond donors (Lipinski definition) is 1. The van der Waals surface area contributed by atoms with Crippen molar-refractivity contribution >= 4 is 0 Å². The van der Waals surface area contributed by atoms with Crippen LogP contribution in [0.3, 0.4) is 0 Å². The second-order valence-corrected chi connectivity index (χ2v) is 9.67. The Balaban J connectivity index is 1.36. The van der Waals surface area contributed by atoms with E-state index in [4.69, 9.17) is 0 Å². The van der Waals surface area contributed by atoms with Crippen molar-refractivity contribution < 1.29 is 5.11 Å². The van der Waals surface area contributed by atoms with Crippen molar-refractivity contribution in [3.8, 4) is 0 Å². The molecule has 0 spiro atoms. The number of hydrogen-bond acceptors (Lipinski definition) is 1. The highest BCUT2D eigenvalue weighted by Crippen LogP contribution is 2.40. The van der Waals surface area contributed by atoms with Gasteiger partial charge in [0.15, 0.2) is 0 Å². The van der Waals surface area contributed by atoms with Crippen LogP contribution in [0.2, 0.25) is 0 Å². The summed E-state index contributed by atoms with van der Waals surface area (Å²) in [4.78, 5) is 0. The Bertz CT molecular complexity index is 729. The molecule has 0 saturated heterocycles. The summed E-state index contributed by atoms with van der Waals surface area (Å²) in [6.45, 7) is 6.70. The van der Waals surface area contributed by atoms with E-state index < -0.39 is 0 Å². The van der Waals surface area contributed by atoms with Crippen LogP contribution in [0.25, 0.3) is 0 Å². The maximum absolute atomic E-state index is 10.1.